The van der Waals surface area contributed by atoms with Crippen LogP contribution in [0.5, 0.6) is 11.5 Å². The van der Waals surface area contributed by atoms with E-state index in [1.165, 1.54) is 16.4 Å². The summed E-state index contributed by atoms with van der Waals surface area (Å²) in [4.78, 5) is 12.7. The molecule has 0 saturated carbocycles. The van der Waals surface area contributed by atoms with Gasteiger partial charge in [-0.3, -0.25) is 4.79 Å². The van der Waals surface area contributed by atoms with Crippen molar-refractivity contribution in [3.63, 3.8) is 0 Å². The Balaban J connectivity index is 1.37. The molecule has 1 amide bonds. The summed E-state index contributed by atoms with van der Waals surface area (Å²) < 4.78 is 38.5. The lowest BCUT2D eigenvalue weighted by Crippen LogP contribution is -2.43. The van der Waals surface area contributed by atoms with Gasteiger partial charge in [0.2, 0.25) is 15.9 Å². The molecular formula is C22H24Cl2N2O5S. The maximum Gasteiger partial charge on any atom is 0.246 e. The molecule has 1 fully saturated rings. The lowest BCUT2D eigenvalue weighted by atomic mass is 9.96. The number of piperidine rings is 1. The standard InChI is InChI=1S/C22H24Cl2N2O5S/c1-14(16-5-6-19-20(13-16)31-12-11-30-19)25-22(27)15-7-9-26(10-8-15)32(28,29)21-17(23)3-2-4-18(21)24/h2-6,13-15H,7-12H2,1H3,(H,25,27). The number of carbonyl (C=O) groups is 1. The summed E-state index contributed by atoms with van der Waals surface area (Å²) in [6.45, 7) is 3.37. The fraction of sp³-hybridized carbons (Fsp3) is 0.409. The number of ether oxygens (including phenoxy) is 2. The van der Waals surface area contributed by atoms with Crippen LogP contribution in [0.15, 0.2) is 41.3 Å². The van der Waals surface area contributed by atoms with Crippen LogP contribution in [0, 0.1) is 5.92 Å². The van der Waals surface area contributed by atoms with Gasteiger partial charge in [-0.1, -0.05) is 35.3 Å². The largest absolute Gasteiger partial charge is 0.486 e. The number of hydrogen-bond donors (Lipinski definition) is 1. The Bertz CT molecular complexity index is 1100. The molecule has 2 aliphatic heterocycles. The van der Waals surface area contributed by atoms with E-state index in [4.69, 9.17) is 32.7 Å². The average molecular weight is 499 g/mol. The third kappa shape index (κ3) is 4.69. The van der Waals surface area contributed by atoms with Crippen molar-refractivity contribution in [2.75, 3.05) is 26.3 Å². The first-order valence-electron chi connectivity index (χ1n) is 10.4. The van der Waals surface area contributed by atoms with Crippen LogP contribution in [0.3, 0.4) is 0 Å². The number of hydrogen-bond acceptors (Lipinski definition) is 5. The maximum absolute atomic E-state index is 13.0. The Morgan fingerprint density at radius 1 is 1.06 bits per heavy atom. The van der Waals surface area contributed by atoms with Gasteiger partial charge in [0.05, 0.1) is 16.1 Å². The molecule has 1 saturated heterocycles. The van der Waals surface area contributed by atoms with Gasteiger partial charge < -0.3 is 14.8 Å². The molecule has 2 aliphatic rings. The fourth-order valence-corrected chi connectivity index (χ4v) is 6.52. The minimum absolute atomic E-state index is 0.0848. The summed E-state index contributed by atoms with van der Waals surface area (Å²) in [6, 6.07) is 10.0. The zero-order chi connectivity index (χ0) is 22.9. The van der Waals surface area contributed by atoms with Crippen LogP contribution in [0.25, 0.3) is 0 Å². The third-order valence-electron chi connectivity index (χ3n) is 5.77. The minimum atomic E-state index is -3.84. The van der Waals surface area contributed by atoms with Gasteiger partial charge in [0.1, 0.15) is 18.1 Å². The molecule has 1 N–H and O–H groups in total. The molecule has 32 heavy (non-hydrogen) atoms. The molecule has 0 spiro atoms. The van der Waals surface area contributed by atoms with Crippen molar-refractivity contribution in [3.05, 3.63) is 52.0 Å². The molecule has 4 rings (SSSR count). The average Bonchev–Trinajstić information content (AvgIpc) is 2.78. The predicted octanol–water partition coefficient (Wildman–Crippen LogP) is 4.04. The van der Waals surface area contributed by atoms with E-state index in [1.54, 1.807) is 6.07 Å². The molecule has 1 atom stereocenters. The van der Waals surface area contributed by atoms with Gasteiger partial charge in [-0.25, -0.2) is 8.42 Å². The Kier molecular flexibility index (Phi) is 6.86. The van der Waals surface area contributed by atoms with Crippen molar-refractivity contribution in [1.29, 1.82) is 0 Å². The molecule has 0 bridgehead atoms. The zero-order valence-electron chi connectivity index (χ0n) is 17.5. The second-order valence-electron chi connectivity index (χ2n) is 7.86. The summed E-state index contributed by atoms with van der Waals surface area (Å²) in [7, 11) is -3.84. The van der Waals surface area contributed by atoms with E-state index in [2.05, 4.69) is 5.32 Å². The third-order valence-corrected chi connectivity index (χ3v) is 8.62. The van der Waals surface area contributed by atoms with Crippen molar-refractivity contribution in [2.24, 2.45) is 5.92 Å². The number of nitrogens with one attached hydrogen (secondary N) is 1. The quantitative estimate of drug-likeness (QED) is 0.672. The number of amides is 1. The number of fused-ring (bicyclic) bond motifs is 1. The molecule has 2 aromatic carbocycles. The Morgan fingerprint density at radius 2 is 1.69 bits per heavy atom. The molecule has 2 aromatic rings. The maximum atomic E-state index is 13.0. The second-order valence-corrected chi connectivity index (χ2v) is 10.6. The Labute approximate surface area is 197 Å². The zero-order valence-corrected chi connectivity index (χ0v) is 19.8. The van der Waals surface area contributed by atoms with E-state index in [-0.39, 0.29) is 45.9 Å². The molecule has 0 aliphatic carbocycles. The summed E-state index contributed by atoms with van der Waals surface area (Å²) in [5.74, 6) is 1.00. The van der Waals surface area contributed by atoms with Crippen LogP contribution in [-0.2, 0) is 14.8 Å². The van der Waals surface area contributed by atoms with Crippen molar-refractivity contribution < 1.29 is 22.7 Å². The number of rotatable bonds is 5. The van der Waals surface area contributed by atoms with E-state index in [1.807, 2.05) is 25.1 Å². The highest BCUT2D eigenvalue weighted by Gasteiger charge is 2.34. The molecule has 2 heterocycles. The van der Waals surface area contributed by atoms with Crippen LogP contribution < -0.4 is 14.8 Å². The minimum Gasteiger partial charge on any atom is -0.486 e. The number of benzene rings is 2. The highest BCUT2D eigenvalue weighted by atomic mass is 35.5. The van der Waals surface area contributed by atoms with Gasteiger partial charge in [0.25, 0.3) is 0 Å². The molecular weight excluding hydrogens is 475 g/mol. The van der Waals surface area contributed by atoms with E-state index >= 15 is 0 Å². The first kappa shape index (κ1) is 23.2. The van der Waals surface area contributed by atoms with E-state index in [0.717, 1.165) is 5.56 Å². The lowest BCUT2D eigenvalue weighted by Gasteiger charge is -2.31. The number of halogens is 2. The van der Waals surface area contributed by atoms with E-state index in [0.29, 0.717) is 37.6 Å². The molecule has 7 nitrogen and oxygen atoms in total. The van der Waals surface area contributed by atoms with Gasteiger partial charge in [-0.05, 0) is 49.6 Å². The molecule has 172 valence electrons. The first-order chi connectivity index (χ1) is 15.3. The van der Waals surface area contributed by atoms with Crippen molar-refractivity contribution >= 4 is 39.1 Å². The van der Waals surface area contributed by atoms with Crippen LogP contribution in [0.2, 0.25) is 10.0 Å². The van der Waals surface area contributed by atoms with Crippen LogP contribution in [-0.4, -0.2) is 44.9 Å². The van der Waals surface area contributed by atoms with Gasteiger partial charge >= 0.3 is 0 Å². The molecule has 0 radical (unpaired) electrons. The fourth-order valence-electron chi connectivity index (χ4n) is 3.96. The predicted molar refractivity (Wildman–Crippen MR) is 122 cm³/mol. The van der Waals surface area contributed by atoms with E-state index in [9.17, 15) is 13.2 Å². The Hall–Kier alpha value is -2.00. The van der Waals surface area contributed by atoms with Crippen LogP contribution >= 0.6 is 23.2 Å². The van der Waals surface area contributed by atoms with Crippen molar-refractivity contribution in [2.45, 2.75) is 30.7 Å². The normalized spacial score (nSPS) is 18.2. The van der Waals surface area contributed by atoms with Gasteiger partial charge in [-0.2, -0.15) is 4.31 Å². The Morgan fingerprint density at radius 3 is 2.34 bits per heavy atom. The number of carbonyl (C=O) groups excluding carboxylic acids is 1. The highest BCUT2D eigenvalue weighted by molar-refractivity contribution is 7.89. The summed E-state index contributed by atoms with van der Waals surface area (Å²) in [6.07, 6.45) is 0.835. The van der Waals surface area contributed by atoms with Crippen molar-refractivity contribution in [1.82, 2.24) is 9.62 Å². The number of nitrogens with zero attached hydrogens (tertiary/aromatic N) is 1. The molecule has 10 heteroatoms. The summed E-state index contributed by atoms with van der Waals surface area (Å²) in [5.41, 5.74) is 0.913. The van der Waals surface area contributed by atoms with Gasteiger partial charge in [-0.15, -0.1) is 0 Å². The SMILES string of the molecule is CC(NC(=O)C1CCN(S(=O)(=O)c2c(Cl)cccc2Cl)CC1)c1ccc2c(c1)OCCO2. The van der Waals surface area contributed by atoms with Gasteiger partial charge in [0.15, 0.2) is 11.5 Å². The molecule has 1 unspecified atom stereocenters. The summed E-state index contributed by atoms with van der Waals surface area (Å²) in [5, 5.41) is 3.21. The van der Waals surface area contributed by atoms with Gasteiger partial charge in [0, 0.05) is 19.0 Å². The van der Waals surface area contributed by atoms with Crippen LogP contribution in [0.4, 0.5) is 0 Å². The topological polar surface area (TPSA) is 84.9 Å². The lowest BCUT2D eigenvalue weighted by molar-refractivity contribution is -0.126. The highest BCUT2D eigenvalue weighted by Crippen LogP contribution is 2.34. The van der Waals surface area contributed by atoms with Crippen molar-refractivity contribution in [3.8, 4) is 11.5 Å². The number of sulfonamides is 1. The summed E-state index contributed by atoms with van der Waals surface area (Å²) >= 11 is 12.2. The molecule has 0 aromatic heterocycles. The van der Waals surface area contributed by atoms with E-state index < -0.39 is 10.0 Å². The van der Waals surface area contributed by atoms with Crippen LogP contribution in [0.1, 0.15) is 31.4 Å². The first-order valence-corrected chi connectivity index (χ1v) is 12.6. The monoisotopic (exact) mass is 498 g/mol. The second kappa shape index (κ2) is 9.47. The smallest absolute Gasteiger partial charge is 0.246 e.